The maximum Gasteiger partial charge on any atom is 0.264 e. The summed E-state index contributed by atoms with van der Waals surface area (Å²) in [5, 5.41) is 4.92. The second kappa shape index (κ2) is 12.4. The van der Waals surface area contributed by atoms with E-state index in [-0.39, 0.29) is 48.1 Å². The molecule has 0 bridgehead atoms. The van der Waals surface area contributed by atoms with Crippen molar-refractivity contribution in [3.8, 4) is 0 Å². The molecule has 4 aromatic carbocycles. The van der Waals surface area contributed by atoms with Gasteiger partial charge in [0.1, 0.15) is 6.04 Å². The summed E-state index contributed by atoms with van der Waals surface area (Å²) in [5.74, 6) is -1.02. The number of hydrogen-bond donors (Lipinski definition) is 2. The van der Waals surface area contributed by atoms with Gasteiger partial charge >= 0.3 is 0 Å². The number of fused-ring (bicyclic) bond motifs is 2. The molecule has 0 saturated heterocycles. The van der Waals surface area contributed by atoms with Crippen molar-refractivity contribution in [2.24, 2.45) is 5.92 Å². The lowest BCUT2D eigenvalue weighted by Crippen LogP contribution is -2.53. The highest BCUT2D eigenvalue weighted by Gasteiger charge is 2.40. The highest BCUT2D eigenvalue weighted by Crippen LogP contribution is 2.38. The Kier molecular flexibility index (Phi) is 9.13. The Morgan fingerprint density at radius 3 is 2.31 bits per heavy atom. The summed E-state index contributed by atoms with van der Waals surface area (Å²) in [7, 11) is -4.13. The maximum absolute atomic E-state index is 14.3. The molecule has 0 radical (unpaired) electrons. The van der Waals surface area contributed by atoms with Crippen molar-refractivity contribution in [3.05, 3.63) is 96.1 Å². The highest BCUT2D eigenvalue weighted by atomic mass is 35.5. The molecule has 3 N–H and O–H groups in total. The van der Waals surface area contributed by atoms with E-state index in [4.69, 9.17) is 5.73 Å². The number of carbonyl (C=O) groups excluding carboxylic acids is 2. The summed E-state index contributed by atoms with van der Waals surface area (Å²) in [5.41, 5.74) is 9.02. The third-order valence-electron chi connectivity index (χ3n) is 7.79. The van der Waals surface area contributed by atoms with Gasteiger partial charge in [0.15, 0.2) is 0 Å². The number of hydrogen-bond acceptors (Lipinski definition) is 5. The van der Waals surface area contributed by atoms with Gasteiger partial charge in [0.05, 0.1) is 29.4 Å². The van der Waals surface area contributed by atoms with Gasteiger partial charge in [0, 0.05) is 11.6 Å². The molecule has 0 saturated carbocycles. The fourth-order valence-electron chi connectivity index (χ4n) is 5.13. The molecule has 220 valence electrons. The van der Waals surface area contributed by atoms with Gasteiger partial charge in [-0.3, -0.25) is 13.9 Å². The topological polar surface area (TPSA) is 113 Å². The highest BCUT2D eigenvalue weighted by molar-refractivity contribution is 7.92. The molecular weight excluding hydrogens is 572 g/mol. The van der Waals surface area contributed by atoms with Crippen LogP contribution in [-0.2, 0) is 26.2 Å². The first-order valence-electron chi connectivity index (χ1n) is 13.7. The molecule has 2 amide bonds. The van der Waals surface area contributed by atoms with E-state index in [1.165, 1.54) is 28.6 Å². The molecule has 5 rings (SSSR count). The minimum Gasteiger partial charge on any atom is -0.399 e. The number of nitrogens with one attached hydrogen (secondary N) is 1. The standard InChI is InChI=1S/C32H34N4O4S.ClH/c1-4-21(2)31(37)34-28-20-36(41(39,40)25-17-15-24(33)16-18-25)30-12-8-7-11-29(30)35(32(28)38)19-27-22(3)13-14-23-9-5-6-10-26(23)27;/h5-18,21,28H,4,19-20,33H2,1-3H3,(H,34,37);1H/t21-,28+;/m1./s1. The fourth-order valence-corrected chi connectivity index (χ4v) is 6.62. The number of aryl methyl sites for hydroxylation is 1. The molecule has 42 heavy (non-hydrogen) atoms. The average molecular weight is 607 g/mol. The van der Waals surface area contributed by atoms with E-state index in [0.717, 1.165) is 21.9 Å². The number of carbonyl (C=O) groups is 2. The van der Waals surface area contributed by atoms with E-state index in [1.807, 2.05) is 50.2 Å². The first-order chi connectivity index (χ1) is 19.6. The molecule has 0 fully saturated rings. The van der Waals surface area contributed by atoms with Gasteiger partial charge in [-0.2, -0.15) is 0 Å². The SMILES string of the molecule is CC[C@@H](C)C(=O)N[C@H]1CN(S(=O)(=O)c2ccc(N)cc2)c2ccccc2N(Cc2c(C)ccc3ccccc23)C1=O.Cl. The van der Waals surface area contributed by atoms with Crippen LogP contribution in [0, 0.1) is 12.8 Å². The molecule has 1 aliphatic rings. The smallest absolute Gasteiger partial charge is 0.264 e. The first kappa shape index (κ1) is 30.9. The Hall–Kier alpha value is -4.08. The van der Waals surface area contributed by atoms with E-state index >= 15 is 0 Å². The number of nitrogens with zero attached hydrogens (tertiary/aromatic N) is 2. The van der Waals surface area contributed by atoms with Gasteiger partial charge in [-0.25, -0.2) is 8.42 Å². The molecule has 10 heteroatoms. The predicted molar refractivity (Wildman–Crippen MR) is 170 cm³/mol. The van der Waals surface area contributed by atoms with Crippen molar-refractivity contribution >= 4 is 62.1 Å². The van der Waals surface area contributed by atoms with Crippen LogP contribution in [-0.4, -0.2) is 32.8 Å². The van der Waals surface area contributed by atoms with Crippen LogP contribution < -0.4 is 20.3 Å². The number of halogens is 1. The zero-order chi connectivity index (χ0) is 29.3. The molecule has 1 heterocycles. The van der Waals surface area contributed by atoms with Gasteiger partial charge < -0.3 is 16.0 Å². The van der Waals surface area contributed by atoms with E-state index in [1.54, 1.807) is 36.1 Å². The Morgan fingerprint density at radius 2 is 1.62 bits per heavy atom. The molecule has 0 unspecified atom stereocenters. The lowest BCUT2D eigenvalue weighted by Gasteiger charge is -2.27. The molecular formula is C32H35ClN4O4S. The number of rotatable bonds is 7. The number of nitrogens with two attached hydrogens (primary N) is 1. The molecule has 0 spiro atoms. The van der Waals surface area contributed by atoms with Gasteiger partial charge in [0.2, 0.25) is 5.91 Å². The summed E-state index contributed by atoms with van der Waals surface area (Å²) >= 11 is 0. The zero-order valence-electron chi connectivity index (χ0n) is 23.8. The van der Waals surface area contributed by atoms with Crippen LogP contribution in [0.5, 0.6) is 0 Å². The van der Waals surface area contributed by atoms with Crippen molar-refractivity contribution in [1.29, 1.82) is 0 Å². The Morgan fingerprint density at radius 1 is 0.976 bits per heavy atom. The summed E-state index contributed by atoms with van der Waals surface area (Å²) in [6, 6.07) is 23.8. The van der Waals surface area contributed by atoms with Crippen LogP contribution in [0.4, 0.5) is 17.1 Å². The molecule has 2 atom stereocenters. The minimum atomic E-state index is -4.13. The van der Waals surface area contributed by atoms with Crippen molar-refractivity contribution in [2.75, 3.05) is 21.5 Å². The molecule has 0 aromatic heterocycles. The maximum atomic E-state index is 14.3. The van der Waals surface area contributed by atoms with Crippen LogP contribution in [0.3, 0.4) is 0 Å². The van der Waals surface area contributed by atoms with Crippen LogP contribution >= 0.6 is 12.4 Å². The number of sulfonamides is 1. The number of para-hydroxylation sites is 2. The molecule has 4 aromatic rings. The van der Waals surface area contributed by atoms with E-state index in [0.29, 0.717) is 23.5 Å². The van der Waals surface area contributed by atoms with Gasteiger partial charge in [0.25, 0.3) is 15.9 Å². The van der Waals surface area contributed by atoms with Crippen LogP contribution in [0.2, 0.25) is 0 Å². The molecule has 1 aliphatic heterocycles. The fraction of sp³-hybridized carbons (Fsp3) is 0.250. The van der Waals surface area contributed by atoms with Crippen LogP contribution in [0.25, 0.3) is 10.8 Å². The molecule has 8 nitrogen and oxygen atoms in total. The summed E-state index contributed by atoms with van der Waals surface area (Å²) < 4.78 is 29.4. The quantitative estimate of drug-likeness (QED) is 0.273. The number of amides is 2. The predicted octanol–water partition coefficient (Wildman–Crippen LogP) is 5.43. The normalized spacial score (nSPS) is 15.9. The third-order valence-corrected chi connectivity index (χ3v) is 9.58. The Bertz CT molecular complexity index is 1730. The number of nitrogen functional groups attached to an aromatic ring is 1. The zero-order valence-corrected chi connectivity index (χ0v) is 25.4. The van der Waals surface area contributed by atoms with Crippen LogP contribution in [0.1, 0.15) is 31.4 Å². The third kappa shape index (κ3) is 5.80. The number of benzene rings is 4. The van der Waals surface area contributed by atoms with Gasteiger partial charge in [-0.1, -0.05) is 62.4 Å². The van der Waals surface area contributed by atoms with Crippen molar-refractivity contribution < 1.29 is 18.0 Å². The average Bonchev–Trinajstić information content (AvgIpc) is 3.09. The van der Waals surface area contributed by atoms with E-state index in [9.17, 15) is 18.0 Å². The monoisotopic (exact) mass is 606 g/mol. The first-order valence-corrected chi connectivity index (χ1v) is 15.1. The Labute approximate surface area is 253 Å². The largest absolute Gasteiger partial charge is 0.399 e. The summed E-state index contributed by atoms with van der Waals surface area (Å²) in [6.45, 7) is 5.62. The lowest BCUT2D eigenvalue weighted by molar-refractivity contribution is -0.129. The lowest BCUT2D eigenvalue weighted by atomic mass is 9.99. The van der Waals surface area contributed by atoms with Crippen molar-refractivity contribution in [1.82, 2.24) is 5.32 Å². The minimum absolute atomic E-state index is 0. The van der Waals surface area contributed by atoms with Crippen molar-refractivity contribution in [2.45, 2.75) is 44.7 Å². The van der Waals surface area contributed by atoms with Gasteiger partial charge in [-0.15, -0.1) is 12.4 Å². The summed E-state index contributed by atoms with van der Waals surface area (Å²) in [4.78, 5) is 29.0. The van der Waals surface area contributed by atoms with E-state index < -0.39 is 16.1 Å². The second-order valence-electron chi connectivity index (χ2n) is 10.5. The number of anilines is 3. The summed E-state index contributed by atoms with van der Waals surface area (Å²) in [6.07, 6.45) is 0.583. The van der Waals surface area contributed by atoms with Crippen molar-refractivity contribution in [3.63, 3.8) is 0 Å². The molecule has 0 aliphatic carbocycles. The van der Waals surface area contributed by atoms with E-state index in [2.05, 4.69) is 5.32 Å². The van der Waals surface area contributed by atoms with Crippen LogP contribution in [0.15, 0.2) is 89.8 Å². The van der Waals surface area contributed by atoms with Gasteiger partial charge in [-0.05, 0) is 71.6 Å². The second-order valence-corrected chi connectivity index (χ2v) is 12.3. The Balaban J connectivity index is 0.00000405.